The highest BCUT2D eigenvalue weighted by molar-refractivity contribution is 5.86. The summed E-state index contributed by atoms with van der Waals surface area (Å²) in [6, 6.07) is 4.81. The summed E-state index contributed by atoms with van der Waals surface area (Å²) in [5.74, 6) is -1.07. The van der Waals surface area contributed by atoms with Gasteiger partial charge in [0.15, 0.2) is 5.52 Å². The van der Waals surface area contributed by atoms with E-state index in [1.807, 2.05) is 0 Å². The first-order valence-electron chi connectivity index (χ1n) is 6.12. The van der Waals surface area contributed by atoms with Crippen molar-refractivity contribution in [3.8, 4) is 0 Å². The van der Waals surface area contributed by atoms with E-state index >= 15 is 0 Å². The van der Waals surface area contributed by atoms with Gasteiger partial charge in [-0.1, -0.05) is 6.07 Å². The number of fused-ring (bicyclic) bond motifs is 1. The number of nitrogens with zero attached hydrogens (tertiary/aromatic N) is 4. The molecular formula is C13H11N5O3. The minimum absolute atomic E-state index is 0.0131. The normalized spacial score (nSPS) is 10.9. The predicted molar refractivity (Wildman–Crippen MR) is 72.8 cm³/mol. The van der Waals surface area contributed by atoms with Crippen molar-refractivity contribution in [2.45, 2.75) is 13.3 Å². The van der Waals surface area contributed by atoms with Crippen molar-refractivity contribution in [1.82, 2.24) is 20.3 Å². The number of carboxylic acid groups (broad SMARTS) is 1. The van der Waals surface area contributed by atoms with Gasteiger partial charge < -0.3 is 10.8 Å². The number of aryl methyl sites for hydroxylation is 1. The van der Waals surface area contributed by atoms with E-state index in [1.165, 1.54) is 6.07 Å². The first kappa shape index (κ1) is 13.0. The van der Waals surface area contributed by atoms with E-state index in [9.17, 15) is 4.79 Å². The molecule has 3 rings (SSSR count). The van der Waals surface area contributed by atoms with Crippen molar-refractivity contribution in [3.05, 3.63) is 40.8 Å². The molecule has 0 spiro atoms. The molecule has 0 bridgehead atoms. The lowest BCUT2D eigenvalue weighted by Gasteiger charge is -2.08. The molecule has 0 aliphatic carbocycles. The number of rotatable bonds is 3. The van der Waals surface area contributed by atoms with Crippen LogP contribution in [0.3, 0.4) is 0 Å². The Morgan fingerprint density at radius 2 is 2.14 bits per heavy atom. The fourth-order valence-electron chi connectivity index (χ4n) is 2.09. The Kier molecular flexibility index (Phi) is 2.98. The summed E-state index contributed by atoms with van der Waals surface area (Å²) >= 11 is 0. The number of aromatic nitrogens is 4. The Bertz CT molecular complexity index is 843. The molecular weight excluding hydrogens is 274 g/mol. The molecule has 106 valence electrons. The van der Waals surface area contributed by atoms with Crippen LogP contribution in [0, 0.1) is 6.92 Å². The highest BCUT2D eigenvalue weighted by Crippen LogP contribution is 2.25. The number of pyridine rings is 2. The van der Waals surface area contributed by atoms with E-state index in [0.29, 0.717) is 34.7 Å². The van der Waals surface area contributed by atoms with Crippen LogP contribution in [0.1, 0.15) is 27.4 Å². The van der Waals surface area contributed by atoms with E-state index in [4.69, 9.17) is 10.8 Å². The standard InChI is InChI=1S/C13H11N5O3/c1-6-8(10(14)11-12(15-6)18-21-17-11)5-7-3-2-4-9(16-7)13(19)20/h2-4H,5,14H2,1H3,(H,19,20). The average Bonchev–Trinajstić information content (AvgIpc) is 2.92. The van der Waals surface area contributed by atoms with Crippen LogP contribution >= 0.6 is 0 Å². The van der Waals surface area contributed by atoms with Crippen molar-refractivity contribution in [3.63, 3.8) is 0 Å². The third-order valence-electron chi connectivity index (χ3n) is 3.15. The summed E-state index contributed by atoms with van der Waals surface area (Å²) in [5, 5.41) is 16.3. The van der Waals surface area contributed by atoms with E-state index < -0.39 is 5.97 Å². The van der Waals surface area contributed by atoms with Crippen molar-refractivity contribution in [1.29, 1.82) is 0 Å². The van der Waals surface area contributed by atoms with Crippen molar-refractivity contribution in [2.24, 2.45) is 0 Å². The van der Waals surface area contributed by atoms with Crippen LogP contribution in [-0.2, 0) is 6.42 Å². The molecule has 3 aromatic rings. The number of anilines is 1. The average molecular weight is 285 g/mol. The molecule has 0 saturated carbocycles. The van der Waals surface area contributed by atoms with E-state index in [0.717, 1.165) is 5.56 Å². The molecule has 0 aliphatic rings. The molecule has 0 radical (unpaired) electrons. The first-order valence-corrected chi connectivity index (χ1v) is 6.12. The number of nitrogens with two attached hydrogens (primary N) is 1. The quantitative estimate of drug-likeness (QED) is 0.734. The maximum Gasteiger partial charge on any atom is 0.354 e. The van der Waals surface area contributed by atoms with Gasteiger partial charge in [0.25, 0.3) is 0 Å². The third kappa shape index (κ3) is 2.27. The molecule has 8 heteroatoms. The number of carbonyl (C=O) groups is 1. The summed E-state index contributed by atoms with van der Waals surface area (Å²) < 4.78 is 4.62. The highest BCUT2D eigenvalue weighted by Gasteiger charge is 2.15. The van der Waals surface area contributed by atoms with E-state index in [1.54, 1.807) is 19.1 Å². The summed E-state index contributed by atoms with van der Waals surface area (Å²) in [6.07, 6.45) is 0.356. The van der Waals surface area contributed by atoms with Gasteiger partial charge in [0.05, 0.1) is 5.69 Å². The zero-order valence-corrected chi connectivity index (χ0v) is 11.1. The van der Waals surface area contributed by atoms with Crippen molar-refractivity contribution >= 4 is 22.8 Å². The van der Waals surface area contributed by atoms with Crippen LogP contribution in [0.15, 0.2) is 22.8 Å². The van der Waals surface area contributed by atoms with Crippen LogP contribution in [0.2, 0.25) is 0 Å². The summed E-state index contributed by atoms with van der Waals surface area (Å²) in [7, 11) is 0. The molecule has 0 saturated heterocycles. The zero-order chi connectivity index (χ0) is 15.0. The molecule has 0 fully saturated rings. The molecule has 0 atom stereocenters. The van der Waals surface area contributed by atoms with Gasteiger partial charge in [-0.15, -0.1) is 0 Å². The smallest absolute Gasteiger partial charge is 0.354 e. The van der Waals surface area contributed by atoms with Crippen LogP contribution in [-0.4, -0.2) is 31.4 Å². The fourth-order valence-corrected chi connectivity index (χ4v) is 2.09. The van der Waals surface area contributed by atoms with Gasteiger partial charge in [0.2, 0.25) is 5.65 Å². The second-order valence-electron chi connectivity index (χ2n) is 4.52. The maximum atomic E-state index is 10.9. The summed E-state index contributed by atoms with van der Waals surface area (Å²) in [4.78, 5) is 19.3. The van der Waals surface area contributed by atoms with E-state index in [2.05, 4.69) is 24.9 Å². The molecule has 3 heterocycles. The number of nitrogen functional groups attached to an aromatic ring is 1. The molecule has 3 aromatic heterocycles. The van der Waals surface area contributed by atoms with Gasteiger partial charge >= 0.3 is 5.97 Å². The Labute approximate surface area is 118 Å². The lowest BCUT2D eigenvalue weighted by Crippen LogP contribution is -2.06. The van der Waals surface area contributed by atoms with Gasteiger partial charge in [-0.3, -0.25) is 0 Å². The number of carboxylic acids is 1. The van der Waals surface area contributed by atoms with Crippen LogP contribution in [0.25, 0.3) is 11.2 Å². The second kappa shape index (κ2) is 4.82. The highest BCUT2D eigenvalue weighted by atomic mass is 16.6. The third-order valence-corrected chi connectivity index (χ3v) is 3.15. The molecule has 0 unspecified atom stereocenters. The summed E-state index contributed by atoms with van der Waals surface area (Å²) in [6.45, 7) is 1.79. The minimum atomic E-state index is -1.07. The minimum Gasteiger partial charge on any atom is -0.477 e. The molecule has 3 N–H and O–H groups in total. The Morgan fingerprint density at radius 3 is 2.90 bits per heavy atom. The predicted octanol–water partition coefficient (Wildman–Crippen LogP) is 1.19. The van der Waals surface area contributed by atoms with Crippen LogP contribution in [0.5, 0.6) is 0 Å². The number of aromatic carboxylic acids is 1. The number of hydrogen-bond acceptors (Lipinski definition) is 7. The SMILES string of the molecule is Cc1nc2nonc2c(N)c1Cc1cccc(C(=O)O)n1. The molecule has 21 heavy (non-hydrogen) atoms. The molecule has 0 aromatic carbocycles. The van der Waals surface area contributed by atoms with Gasteiger partial charge in [0.1, 0.15) is 5.69 Å². The van der Waals surface area contributed by atoms with Crippen LogP contribution < -0.4 is 5.73 Å². The topological polar surface area (TPSA) is 128 Å². The van der Waals surface area contributed by atoms with Crippen molar-refractivity contribution in [2.75, 3.05) is 5.73 Å². The molecule has 0 amide bonds. The van der Waals surface area contributed by atoms with E-state index in [-0.39, 0.29) is 5.69 Å². The monoisotopic (exact) mass is 285 g/mol. The maximum absolute atomic E-state index is 10.9. The fraction of sp³-hybridized carbons (Fsp3) is 0.154. The number of hydrogen-bond donors (Lipinski definition) is 2. The zero-order valence-electron chi connectivity index (χ0n) is 11.1. The second-order valence-corrected chi connectivity index (χ2v) is 4.52. The Balaban J connectivity index is 2.05. The van der Waals surface area contributed by atoms with Gasteiger partial charge in [-0.2, -0.15) is 0 Å². The first-order chi connectivity index (χ1) is 10.1. The molecule has 0 aliphatic heterocycles. The largest absolute Gasteiger partial charge is 0.477 e. The Hall–Kier alpha value is -3.03. The van der Waals surface area contributed by atoms with Crippen LogP contribution in [0.4, 0.5) is 5.69 Å². The van der Waals surface area contributed by atoms with Crippen molar-refractivity contribution < 1.29 is 14.5 Å². The molecule has 8 nitrogen and oxygen atoms in total. The lowest BCUT2D eigenvalue weighted by molar-refractivity contribution is 0.0690. The lowest BCUT2D eigenvalue weighted by atomic mass is 10.0. The van der Waals surface area contributed by atoms with Gasteiger partial charge in [0, 0.05) is 23.4 Å². The van der Waals surface area contributed by atoms with Gasteiger partial charge in [-0.05, 0) is 29.4 Å². The summed E-state index contributed by atoms with van der Waals surface area (Å²) in [5.41, 5.74) is 9.20. The Morgan fingerprint density at radius 1 is 1.33 bits per heavy atom. The van der Waals surface area contributed by atoms with Gasteiger partial charge in [-0.25, -0.2) is 19.4 Å².